The summed E-state index contributed by atoms with van der Waals surface area (Å²) in [5.74, 6) is 0.427. The zero-order valence-electron chi connectivity index (χ0n) is 10.7. The molecule has 0 bridgehead atoms. The van der Waals surface area contributed by atoms with Gasteiger partial charge in [-0.15, -0.1) is 0 Å². The maximum atomic E-state index is 9.23. The second-order valence-corrected chi connectivity index (χ2v) is 5.70. The number of hydrogen-bond acceptors (Lipinski definition) is 2. The van der Waals surface area contributed by atoms with Crippen molar-refractivity contribution < 1.29 is 0 Å². The highest BCUT2D eigenvalue weighted by molar-refractivity contribution is 6.33. The molecule has 0 saturated heterocycles. The Morgan fingerprint density at radius 3 is 2.55 bits per heavy atom. The Bertz CT molecular complexity index is 690. The first kappa shape index (κ1) is 13.4. The lowest BCUT2D eigenvalue weighted by molar-refractivity contribution is 0.582. The highest BCUT2D eigenvalue weighted by Crippen LogP contribution is 2.38. The summed E-state index contributed by atoms with van der Waals surface area (Å²) in [6, 6.07) is 12.5. The highest BCUT2D eigenvalue weighted by Gasteiger charge is 2.26. The number of fused-ring (bicyclic) bond motifs is 1. The fourth-order valence-electron chi connectivity index (χ4n) is 2.88. The number of halogens is 2. The third-order valence-electron chi connectivity index (χ3n) is 3.89. The molecule has 1 aliphatic rings. The first-order valence-corrected chi connectivity index (χ1v) is 7.28. The molecule has 2 nitrogen and oxygen atoms in total. The first-order chi connectivity index (χ1) is 9.70. The minimum Gasteiger partial charge on any atom is -0.223 e. The second kappa shape index (κ2) is 5.44. The number of nitriles is 1. The van der Waals surface area contributed by atoms with Crippen LogP contribution in [0.1, 0.15) is 34.6 Å². The second-order valence-electron chi connectivity index (χ2n) is 4.99. The van der Waals surface area contributed by atoms with Gasteiger partial charge in [-0.05, 0) is 41.9 Å². The van der Waals surface area contributed by atoms with Crippen molar-refractivity contribution >= 4 is 23.2 Å². The fourth-order valence-corrected chi connectivity index (χ4v) is 3.44. The number of rotatable bonds is 1. The van der Waals surface area contributed by atoms with Crippen molar-refractivity contribution in [3.8, 4) is 6.07 Å². The summed E-state index contributed by atoms with van der Waals surface area (Å²) in [7, 11) is 0. The minimum absolute atomic E-state index is 0.217. The maximum absolute atomic E-state index is 9.23. The van der Waals surface area contributed by atoms with Crippen LogP contribution in [0.15, 0.2) is 30.3 Å². The molecule has 4 heteroatoms. The van der Waals surface area contributed by atoms with Crippen LogP contribution in [0.5, 0.6) is 0 Å². The predicted octanol–water partition coefficient (Wildman–Crippen LogP) is 4.53. The molecule has 1 unspecified atom stereocenters. The van der Waals surface area contributed by atoms with Gasteiger partial charge in [0.05, 0.1) is 5.56 Å². The van der Waals surface area contributed by atoms with Crippen LogP contribution in [0.2, 0.25) is 10.3 Å². The molecule has 1 aliphatic carbocycles. The van der Waals surface area contributed by atoms with Gasteiger partial charge in [-0.3, -0.25) is 0 Å². The number of nitrogens with zero attached hydrogens (tertiary/aromatic N) is 2. The van der Waals surface area contributed by atoms with Crippen LogP contribution in [-0.2, 0) is 12.8 Å². The quantitative estimate of drug-likeness (QED) is 0.726. The van der Waals surface area contributed by atoms with E-state index in [1.54, 1.807) is 0 Å². The molecule has 0 fully saturated rings. The van der Waals surface area contributed by atoms with Gasteiger partial charge in [-0.1, -0.05) is 53.5 Å². The summed E-state index contributed by atoms with van der Waals surface area (Å²) < 4.78 is 0. The van der Waals surface area contributed by atoms with Gasteiger partial charge < -0.3 is 0 Å². The lowest BCUT2D eigenvalue weighted by Gasteiger charge is -2.26. The third-order valence-corrected chi connectivity index (χ3v) is 4.48. The van der Waals surface area contributed by atoms with Crippen molar-refractivity contribution in [3.05, 3.63) is 62.9 Å². The van der Waals surface area contributed by atoms with Crippen LogP contribution < -0.4 is 0 Å². The highest BCUT2D eigenvalue weighted by atomic mass is 35.5. The number of benzene rings is 1. The monoisotopic (exact) mass is 302 g/mol. The van der Waals surface area contributed by atoms with Crippen LogP contribution in [0.4, 0.5) is 0 Å². The van der Waals surface area contributed by atoms with E-state index < -0.39 is 0 Å². The Kier molecular flexibility index (Phi) is 3.65. The summed E-state index contributed by atoms with van der Waals surface area (Å²) in [5.41, 5.74) is 3.75. The Labute approximate surface area is 128 Å². The van der Waals surface area contributed by atoms with Crippen LogP contribution in [0, 0.1) is 11.3 Å². The average molecular weight is 303 g/mol. The van der Waals surface area contributed by atoms with E-state index in [0.29, 0.717) is 16.6 Å². The Hall–Kier alpha value is -1.56. The van der Waals surface area contributed by atoms with Gasteiger partial charge >= 0.3 is 0 Å². The van der Waals surface area contributed by atoms with Crippen molar-refractivity contribution in [2.75, 3.05) is 0 Å². The zero-order valence-corrected chi connectivity index (χ0v) is 12.2. The lowest BCUT2D eigenvalue weighted by Crippen LogP contribution is -2.15. The van der Waals surface area contributed by atoms with Gasteiger partial charge in [-0.25, -0.2) is 4.98 Å². The summed E-state index contributed by atoms with van der Waals surface area (Å²) in [5, 5.41) is 9.88. The molecule has 2 aromatic rings. The van der Waals surface area contributed by atoms with Crippen molar-refractivity contribution in [1.82, 2.24) is 4.98 Å². The third kappa shape index (κ3) is 2.28. The average Bonchev–Trinajstić information content (AvgIpc) is 2.48. The molecular formula is C16H12Cl2N2. The molecule has 0 saturated carbocycles. The zero-order chi connectivity index (χ0) is 14.1. The number of pyridine rings is 1. The van der Waals surface area contributed by atoms with Gasteiger partial charge in [0, 0.05) is 0 Å². The molecule has 1 heterocycles. The van der Waals surface area contributed by atoms with Crippen molar-refractivity contribution in [2.24, 2.45) is 0 Å². The lowest BCUT2D eigenvalue weighted by atomic mass is 9.79. The van der Waals surface area contributed by atoms with Gasteiger partial charge in [0.25, 0.3) is 0 Å². The predicted molar refractivity (Wildman–Crippen MR) is 80.2 cm³/mol. The van der Waals surface area contributed by atoms with E-state index in [1.165, 1.54) is 5.56 Å². The van der Waals surface area contributed by atoms with Crippen molar-refractivity contribution in [2.45, 2.75) is 25.2 Å². The Morgan fingerprint density at radius 2 is 1.85 bits per heavy atom. The minimum atomic E-state index is 0.217. The number of hydrogen-bond donors (Lipinski definition) is 0. The van der Waals surface area contributed by atoms with Crippen molar-refractivity contribution in [3.63, 3.8) is 0 Å². The smallest absolute Gasteiger partial charge is 0.148 e. The number of aromatic nitrogens is 1. The Morgan fingerprint density at radius 1 is 1.10 bits per heavy atom. The normalized spacial score (nSPS) is 17.4. The summed E-state index contributed by atoms with van der Waals surface area (Å²) in [6.07, 6.45) is 2.64. The summed E-state index contributed by atoms with van der Waals surface area (Å²) >= 11 is 12.2. The van der Waals surface area contributed by atoms with E-state index in [0.717, 1.165) is 30.4 Å². The van der Waals surface area contributed by atoms with Crippen LogP contribution in [0.3, 0.4) is 0 Å². The molecule has 1 atom stereocenters. The summed E-state index contributed by atoms with van der Waals surface area (Å²) in [6.45, 7) is 0. The van der Waals surface area contributed by atoms with E-state index in [4.69, 9.17) is 23.2 Å². The molecule has 0 aliphatic heterocycles. The molecule has 1 aromatic carbocycles. The molecular weight excluding hydrogens is 291 g/mol. The maximum Gasteiger partial charge on any atom is 0.148 e. The molecule has 0 amide bonds. The summed E-state index contributed by atoms with van der Waals surface area (Å²) in [4.78, 5) is 4.09. The van der Waals surface area contributed by atoms with Crippen molar-refractivity contribution in [1.29, 1.82) is 5.26 Å². The van der Waals surface area contributed by atoms with Crippen LogP contribution in [0.25, 0.3) is 0 Å². The van der Waals surface area contributed by atoms with E-state index in [1.807, 2.05) is 18.2 Å². The topological polar surface area (TPSA) is 36.7 Å². The Balaban J connectivity index is 2.03. The fraction of sp³-hybridized carbons (Fsp3) is 0.250. The standard InChI is InChI=1S/C16H12Cl2N2/c17-15-13-8-11(10-4-2-1-3-5-10)6-7-12(13)14(9-19)16(18)20-15/h1-5,11H,6-8H2. The molecule has 20 heavy (non-hydrogen) atoms. The molecule has 100 valence electrons. The van der Waals surface area contributed by atoms with Gasteiger partial charge in [-0.2, -0.15) is 5.26 Å². The van der Waals surface area contributed by atoms with Gasteiger partial charge in [0.1, 0.15) is 16.4 Å². The van der Waals surface area contributed by atoms with E-state index >= 15 is 0 Å². The first-order valence-electron chi connectivity index (χ1n) is 6.52. The van der Waals surface area contributed by atoms with Gasteiger partial charge in [0.15, 0.2) is 0 Å². The van der Waals surface area contributed by atoms with E-state index in [-0.39, 0.29) is 5.15 Å². The molecule has 1 aromatic heterocycles. The largest absolute Gasteiger partial charge is 0.223 e. The van der Waals surface area contributed by atoms with E-state index in [2.05, 4.69) is 23.2 Å². The van der Waals surface area contributed by atoms with Crippen LogP contribution in [-0.4, -0.2) is 4.98 Å². The van der Waals surface area contributed by atoms with E-state index in [9.17, 15) is 5.26 Å². The van der Waals surface area contributed by atoms with Gasteiger partial charge in [0.2, 0.25) is 0 Å². The SMILES string of the molecule is N#Cc1c(Cl)nc(Cl)c2c1CCC(c1ccccc1)C2. The van der Waals surface area contributed by atoms with Crippen LogP contribution >= 0.6 is 23.2 Å². The molecule has 0 N–H and O–H groups in total. The molecule has 3 rings (SSSR count). The molecule has 0 spiro atoms. The molecule has 0 radical (unpaired) electrons.